The van der Waals surface area contributed by atoms with E-state index in [1.165, 1.54) is 18.2 Å². The predicted molar refractivity (Wildman–Crippen MR) is 127 cm³/mol. The third-order valence-corrected chi connectivity index (χ3v) is 5.97. The highest BCUT2D eigenvalue weighted by molar-refractivity contribution is 7.92. The summed E-state index contributed by atoms with van der Waals surface area (Å²) in [6, 6.07) is 20.1. The second-order valence-electron chi connectivity index (χ2n) is 7.44. The topological polar surface area (TPSA) is 87.7 Å². The summed E-state index contributed by atoms with van der Waals surface area (Å²) in [6.45, 7) is 3.04. The molecule has 0 spiro atoms. The van der Waals surface area contributed by atoms with Gasteiger partial charge in [-0.05, 0) is 75.1 Å². The second kappa shape index (κ2) is 10.3. The molecule has 8 heteroatoms. The van der Waals surface area contributed by atoms with Crippen molar-refractivity contribution in [2.24, 2.45) is 0 Å². The van der Waals surface area contributed by atoms with Crippen LogP contribution in [0.5, 0.6) is 5.75 Å². The van der Waals surface area contributed by atoms with E-state index in [0.717, 1.165) is 5.56 Å². The summed E-state index contributed by atoms with van der Waals surface area (Å²) in [5, 5.41) is 2.92. The summed E-state index contributed by atoms with van der Waals surface area (Å²) in [5.41, 5.74) is 2.34. The second-order valence-corrected chi connectivity index (χ2v) is 9.12. The number of sulfonamides is 1. The molecule has 1 amide bonds. The fourth-order valence-corrected chi connectivity index (χ4v) is 4.18. The van der Waals surface area contributed by atoms with Crippen LogP contribution in [-0.4, -0.2) is 39.9 Å². The maximum absolute atomic E-state index is 12.8. The van der Waals surface area contributed by atoms with E-state index in [1.54, 1.807) is 30.3 Å². The van der Waals surface area contributed by atoms with Crippen LogP contribution in [0.15, 0.2) is 77.7 Å². The van der Waals surface area contributed by atoms with Gasteiger partial charge in [-0.1, -0.05) is 24.3 Å². The SMILES string of the molecule is CCOc1ccc(S(=O)(=O)Nc2cccc(C(=O)Nc3ccccc3CN(C)C)c2)cc1. The normalized spacial score (nSPS) is 11.2. The molecule has 0 aromatic heterocycles. The van der Waals surface area contributed by atoms with E-state index in [1.807, 2.05) is 50.2 Å². The van der Waals surface area contributed by atoms with Crippen molar-refractivity contribution >= 4 is 27.3 Å². The highest BCUT2D eigenvalue weighted by atomic mass is 32.2. The van der Waals surface area contributed by atoms with Crippen LogP contribution in [0.2, 0.25) is 0 Å². The molecule has 168 valence electrons. The van der Waals surface area contributed by atoms with Crippen LogP contribution in [0.4, 0.5) is 11.4 Å². The molecule has 3 aromatic rings. The summed E-state index contributed by atoms with van der Waals surface area (Å²) >= 11 is 0. The van der Waals surface area contributed by atoms with Gasteiger partial charge in [0.15, 0.2) is 0 Å². The molecule has 0 unspecified atom stereocenters. The summed E-state index contributed by atoms with van der Waals surface area (Å²) in [5.74, 6) is 0.276. The van der Waals surface area contributed by atoms with E-state index < -0.39 is 10.0 Å². The van der Waals surface area contributed by atoms with Gasteiger partial charge in [0, 0.05) is 23.5 Å². The molecule has 2 N–H and O–H groups in total. The lowest BCUT2D eigenvalue weighted by atomic mass is 10.1. The van der Waals surface area contributed by atoms with Crippen molar-refractivity contribution in [1.82, 2.24) is 4.90 Å². The molecule has 0 fully saturated rings. The first-order valence-corrected chi connectivity index (χ1v) is 11.7. The fourth-order valence-electron chi connectivity index (χ4n) is 3.13. The molecule has 0 saturated carbocycles. The first-order chi connectivity index (χ1) is 15.3. The van der Waals surface area contributed by atoms with Crippen molar-refractivity contribution in [1.29, 1.82) is 0 Å². The molecule has 7 nitrogen and oxygen atoms in total. The number of anilines is 2. The highest BCUT2D eigenvalue weighted by Crippen LogP contribution is 2.22. The van der Waals surface area contributed by atoms with Gasteiger partial charge in [0.05, 0.1) is 11.5 Å². The Balaban J connectivity index is 1.76. The van der Waals surface area contributed by atoms with Crippen molar-refractivity contribution in [3.05, 3.63) is 83.9 Å². The molecule has 3 rings (SSSR count). The number of ether oxygens (including phenoxy) is 1. The van der Waals surface area contributed by atoms with Gasteiger partial charge in [0.1, 0.15) is 5.75 Å². The van der Waals surface area contributed by atoms with E-state index in [2.05, 4.69) is 10.0 Å². The minimum atomic E-state index is -3.81. The molecular formula is C24H27N3O4S. The zero-order valence-corrected chi connectivity index (χ0v) is 19.1. The van der Waals surface area contributed by atoms with Crippen molar-refractivity contribution in [2.45, 2.75) is 18.4 Å². The number of amides is 1. The molecular weight excluding hydrogens is 426 g/mol. The fraction of sp³-hybridized carbons (Fsp3) is 0.208. The van der Waals surface area contributed by atoms with Gasteiger partial charge in [0.2, 0.25) is 0 Å². The zero-order chi connectivity index (χ0) is 23.1. The van der Waals surface area contributed by atoms with Crippen LogP contribution in [0.25, 0.3) is 0 Å². The van der Waals surface area contributed by atoms with Crippen molar-refractivity contribution < 1.29 is 17.9 Å². The molecule has 0 radical (unpaired) electrons. The van der Waals surface area contributed by atoms with E-state index >= 15 is 0 Å². The zero-order valence-electron chi connectivity index (χ0n) is 18.3. The van der Waals surface area contributed by atoms with E-state index in [4.69, 9.17) is 4.74 Å². The van der Waals surface area contributed by atoms with Crippen molar-refractivity contribution in [3.8, 4) is 5.75 Å². The van der Waals surface area contributed by atoms with Crippen LogP contribution < -0.4 is 14.8 Å². The van der Waals surface area contributed by atoms with Crippen LogP contribution in [0.1, 0.15) is 22.8 Å². The Bertz CT molecular complexity index is 1180. The van der Waals surface area contributed by atoms with Gasteiger partial charge < -0.3 is 15.0 Å². The third-order valence-electron chi connectivity index (χ3n) is 4.57. The van der Waals surface area contributed by atoms with Crippen molar-refractivity contribution in [2.75, 3.05) is 30.7 Å². The number of rotatable bonds is 9. The Kier molecular flexibility index (Phi) is 7.50. The van der Waals surface area contributed by atoms with Gasteiger partial charge in [-0.15, -0.1) is 0 Å². The predicted octanol–water partition coefficient (Wildman–Crippen LogP) is 4.20. The molecule has 0 aliphatic carbocycles. The quantitative estimate of drug-likeness (QED) is 0.507. The lowest BCUT2D eigenvalue weighted by Gasteiger charge is -2.15. The minimum Gasteiger partial charge on any atom is -0.494 e. The highest BCUT2D eigenvalue weighted by Gasteiger charge is 2.16. The average Bonchev–Trinajstić information content (AvgIpc) is 2.75. The monoisotopic (exact) mass is 453 g/mol. The van der Waals surface area contributed by atoms with Gasteiger partial charge >= 0.3 is 0 Å². The summed E-state index contributed by atoms with van der Waals surface area (Å²) in [6.07, 6.45) is 0. The summed E-state index contributed by atoms with van der Waals surface area (Å²) in [7, 11) is 0.104. The number of para-hydroxylation sites is 1. The van der Waals surface area contributed by atoms with Gasteiger partial charge in [-0.25, -0.2) is 8.42 Å². The third kappa shape index (κ3) is 6.09. The summed E-state index contributed by atoms with van der Waals surface area (Å²) < 4.78 is 33.3. The lowest BCUT2D eigenvalue weighted by Crippen LogP contribution is -2.17. The van der Waals surface area contributed by atoms with E-state index in [9.17, 15) is 13.2 Å². The Hall–Kier alpha value is -3.36. The smallest absolute Gasteiger partial charge is 0.261 e. The number of hydrogen-bond acceptors (Lipinski definition) is 5. The number of nitrogens with one attached hydrogen (secondary N) is 2. The summed E-state index contributed by atoms with van der Waals surface area (Å²) in [4.78, 5) is 14.9. The number of hydrogen-bond donors (Lipinski definition) is 2. The Morgan fingerprint density at radius 2 is 1.69 bits per heavy atom. The average molecular weight is 454 g/mol. The lowest BCUT2D eigenvalue weighted by molar-refractivity contribution is 0.102. The number of nitrogens with zero attached hydrogens (tertiary/aromatic N) is 1. The largest absolute Gasteiger partial charge is 0.494 e. The molecule has 0 saturated heterocycles. The molecule has 0 aliphatic heterocycles. The number of benzene rings is 3. The molecule has 0 bridgehead atoms. The Morgan fingerprint density at radius 3 is 2.38 bits per heavy atom. The maximum atomic E-state index is 12.8. The van der Waals surface area contributed by atoms with Gasteiger partial charge in [-0.3, -0.25) is 9.52 Å². The van der Waals surface area contributed by atoms with Gasteiger partial charge in [-0.2, -0.15) is 0 Å². The first-order valence-electron chi connectivity index (χ1n) is 10.2. The van der Waals surface area contributed by atoms with Gasteiger partial charge in [0.25, 0.3) is 15.9 Å². The Morgan fingerprint density at radius 1 is 0.969 bits per heavy atom. The molecule has 32 heavy (non-hydrogen) atoms. The van der Waals surface area contributed by atoms with Crippen molar-refractivity contribution in [3.63, 3.8) is 0 Å². The van der Waals surface area contributed by atoms with Crippen LogP contribution in [0.3, 0.4) is 0 Å². The molecule has 0 aliphatic rings. The Labute approximate surface area is 189 Å². The molecule has 3 aromatic carbocycles. The first kappa shape index (κ1) is 23.3. The van der Waals surface area contributed by atoms with E-state index in [0.29, 0.717) is 35.8 Å². The van der Waals surface area contributed by atoms with Crippen LogP contribution >= 0.6 is 0 Å². The van der Waals surface area contributed by atoms with E-state index in [-0.39, 0.29) is 10.8 Å². The molecule has 0 heterocycles. The number of carbonyl (C=O) groups is 1. The van der Waals surface area contributed by atoms with Crippen LogP contribution in [-0.2, 0) is 16.6 Å². The number of carbonyl (C=O) groups excluding carboxylic acids is 1. The minimum absolute atomic E-state index is 0.105. The molecule has 0 atom stereocenters. The van der Waals surface area contributed by atoms with Crippen LogP contribution in [0, 0.1) is 0 Å². The standard InChI is InChI=1S/C24H27N3O4S/c1-4-31-21-12-14-22(15-13-21)32(29,30)26-20-10-7-9-18(16-20)24(28)25-23-11-6-5-8-19(23)17-27(2)3/h5-16,26H,4,17H2,1-3H3,(H,25,28). The maximum Gasteiger partial charge on any atom is 0.261 e.